The number of nitrogens with one attached hydrogen (secondary N) is 2. The number of carbonyl (C=O) groups is 1. The van der Waals surface area contributed by atoms with E-state index in [2.05, 4.69) is 21.7 Å². The molecule has 1 atom stereocenters. The Morgan fingerprint density at radius 2 is 2.07 bits per heavy atom. The van der Waals surface area contributed by atoms with E-state index in [4.69, 9.17) is 4.74 Å². The third-order valence-electron chi connectivity index (χ3n) is 5.46. The van der Waals surface area contributed by atoms with E-state index in [1.807, 2.05) is 48.6 Å². The van der Waals surface area contributed by atoms with Gasteiger partial charge in [0, 0.05) is 29.2 Å². The first-order valence-electron chi connectivity index (χ1n) is 9.96. The molecule has 2 aliphatic rings. The number of piperidine rings is 1. The molecule has 0 aliphatic carbocycles. The lowest BCUT2D eigenvalue weighted by molar-refractivity contribution is 0.0964. The summed E-state index contributed by atoms with van der Waals surface area (Å²) in [4.78, 5) is 15.2. The monoisotopic (exact) mass is 377 g/mol. The van der Waals surface area contributed by atoms with Gasteiger partial charge in [-0.05, 0) is 55.3 Å². The van der Waals surface area contributed by atoms with Gasteiger partial charge in [0.05, 0.1) is 13.7 Å². The zero-order valence-corrected chi connectivity index (χ0v) is 16.3. The van der Waals surface area contributed by atoms with Gasteiger partial charge in [0.1, 0.15) is 5.75 Å². The summed E-state index contributed by atoms with van der Waals surface area (Å²) in [6.45, 7) is 2.79. The maximum Gasteiger partial charge on any atom is 0.256 e. The van der Waals surface area contributed by atoms with E-state index in [0.717, 1.165) is 35.3 Å². The second kappa shape index (κ2) is 8.48. The fourth-order valence-electron chi connectivity index (χ4n) is 4.04. The predicted octanol–water partition coefficient (Wildman–Crippen LogP) is 3.43. The molecule has 0 aromatic heterocycles. The van der Waals surface area contributed by atoms with Crippen LogP contribution in [0.15, 0.2) is 60.4 Å². The van der Waals surface area contributed by atoms with Crippen LogP contribution in [-0.2, 0) is 0 Å². The number of rotatable bonds is 5. The maximum atomic E-state index is 13.0. The van der Waals surface area contributed by atoms with Gasteiger partial charge in [0.15, 0.2) is 0 Å². The molecule has 0 radical (unpaired) electrons. The van der Waals surface area contributed by atoms with Crippen LogP contribution in [0.5, 0.6) is 5.75 Å². The second-order valence-electron chi connectivity index (χ2n) is 7.42. The third kappa shape index (κ3) is 4.04. The zero-order chi connectivity index (χ0) is 19.3. The van der Waals surface area contributed by atoms with Gasteiger partial charge in [-0.2, -0.15) is 0 Å². The molecule has 0 saturated carbocycles. The summed E-state index contributed by atoms with van der Waals surface area (Å²) in [7, 11) is 1.65. The van der Waals surface area contributed by atoms with Crippen molar-refractivity contribution < 1.29 is 9.53 Å². The molecule has 146 valence electrons. The number of methoxy groups -OCH3 is 1. The van der Waals surface area contributed by atoms with E-state index in [9.17, 15) is 4.79 Å². The molecular weight excluding hydrogens is 350 g/mol. The van der Waals surface area contributed by atoms with Gasteiger partial charge in [-0.25, -0.2) is 0 Å². The molecule has 4 rings (SSSR count). The highest BCUT2D eigenvalue weighted by Gasteiger charge is 2.19. The first-order valence-corrected chi connectivity index (χ1v) is 9.96. The molecule has 5 heteroatoms. The molecule has 1 fully saturated rings. The van der Waals surface area contributed by atoms with E-state index in [1.54, 1.807) is 7.11 Å². The van der Waals surface area contributed by atoms with E-state index in [0.29, 0.717) is 18.2 Å². The second-order valence-corrected chi connectivity index (χ2v) is 7.42. The summed E-state index contributed by atoms with van der Waals surface area (Å²) in [5.41, 5.74) is 1.58. The van der Waals surface area contributed by atoms with Crippen LogP contribution >= 0.6 is 0 Å². The molecule has 2 aliphatic heterocycles. The van der Waals surface area contributed by atoms with Crippen LogP contribution in [0.3, 0.4) is 0 Å². The molecule has 2 aromatic rings. The lowest BCUT2D eigenvalue weighted by Crippen LogP contribution is -2.44. The highest BCUT2D eigenvalue weighted by Crippen LogP contribution is 2.28. The number of fused-ring (bicyclic) bond motifs is 1. The van der Waals surface area contributed by atoms with E-state index < -0.39 is 0 Å². The summed E-state index contributed by atoms with van der Waals surface area (Å²) in [6.07, 6.45) is 9.87. The summed E-state index contributed by atoms with van der Waals surface area (Å²) < 4.78 is 5.43. The van der Waals surface area contributed by atoms with Gasteiger partial charge >= 0.3 is 0 Å². The van der Waals surface area contributed by atoms with E-state index in [1.165, 1.54) is 19.3 Å². The lowest BCUT2D eigenvalue weighted by atomic mass is 10.0. The van der Waals surface area contributed by atoms with Gasteiger partial charge < -0.3 is 20.3 Å². The van der Waals surface area contributed by atoms with Crippen molar-refractivity contribution in [3.05, 3.63) is 66.0 Å². The first kappa shape index (κ1) is 18.6. The van der Waals surface area contributed by atoms with Crippen molar-refractivity contribution in [2.24, 2.45) is 0 Å². The van der Waals surface area contributed by atoms with E-state index >= 15 is 0 Å². The number of nitrogens with zero attached hydrogens (tertiary/aromatic N) is 1. The molecule has 5 nitrogen and oxygen atoms in total. The average molecular weight is 377 g/mol. The van der Waals surface area contributed by atoms with Gasteiger partial charge in [0.2, 0.25) is 0 Å². The first-order chi connectivity index (χ1) is 13.7. The number of benzene rings is 2. The zero-order valence-electron chi connectivity index (χ0n) is 16.3. The van der Waals surface area contributed by atoms with Gasteiger partial charge in [-0.15, -0.1) is 0 Å². The van der Waals surface area contributed by atoms with Gasteiger partial charge in [0.25, 0.3) is 5.91 Å². The highest BCUT2D eigenvalue weighted by molar-refractivity contribution is 6.09. The fourth-order valence-corrected chi connectivity index (χ4v) is 4.04. The Kier molecular flexibility index (Phi) is 5.63. The number of hydrogen-bond donors (Lipinski definition) is 2. The molecule has 1 saturated heterocycles. The van der Waals surface area contributed by atoms with Gasteiger partial charge in [-0.3, -0.25) is 4.79 Å². The number of hydrogen-bond acceptors (Lipinski definition) is 4. The fraction of sp³-hybridized carbons (Fsp3) is 0.348. The number of amides is 1. The van der Waals surface area contributed by atoms with Crippen LogP contribution in [0, 0.1) is 0 Å². The Balaban J connectivity index is 1.46. The molecule has 0 unspecified atom stereocenters. The molecular formula is C23H27N3O2. The summed E-state index contributed by atoms with van der Waals surface area (Å²) >= 11 is 0. The van der Waals surface area contributed by atoms with Crippen LogP contribution < -0.4 is 15.4 Å². The van der Waals surface area contributed by atoms with Crippen molar-refractivity contribution in [1.29, 1.82) is 0 Å². The Bertz CT molecular complexity index is 913. The van der Waals surface area contributed by atoms with Crippen molar-refractivity contribution in [2.75, 3.05) is 26.7 Å². The van der Waals surface area contributed by atoms with Crippen molar-refractivity contribution >= 4 is 16.7 Å². The Labute approximate surface area is 166 Å². The smallest absolute Gasteiger partial charge is 0.256 e. The molecule has 2 N–H and O–H groups in total. The minimum absolute atomic E-state index is 0.0869. The summed E-state index contributed by atoms with van der Waals surface area (Å²) in [5.74, 6) is 0.689. The quantitative estimate of drug-likeness (QED) is 0.838. The summed E-state index contributed by atoms with van der Waals surface area (Å²) in [6, 6.07) is 12.1. The van der Waals surface area contributed by atoms with Crippen LogP contribution in [0.1, 0.15) is 29.6 Å². The highest BCUT2D eigenvalue weighted by atomic mass is 16.5. The number of carbonyl (C=O) groups excluding carboxylic acids is 1. The van der Waals surface area contributed by atoms with Crippen molar-refractivity contribution in [3.63, 3.8) is 0 Å². The topological polar surface area (TPSA) is 53.6 Å². The SMILES string of the molecule is COc1ccc(C(=O)NC2=CC=CN(C[C@H]3CCCCN3)C2)c2ccccc12. The Hall–Kier alpha value is -2.79. The number of ether oxygens (including phenoxy) is 1. The standard InChI is InChI=1S/C23H27N3O2/c1-28-22-12-11-21(19-9-2-3-10-20(19)22)23(27)25-18-8-6-14-26(16-18)15-17-7-4-5-13-24-17/h2-3,6,8-12,14,17,24H,4-5,7,13,15-16H2,1H3,(H,25,27)/t17-/m1/s1. The molecule has 0 spiro atoms. The normalized spacial score (nSPS) is 19.4. The van der Waals surface area contributed by atoms with Crippen molar-refractivity contribution in [1.82, 2.24) is 15.5 Å². The lowest BCUT2D eigenvalue weighted by Gasteiger charge is -2.31. The van der Waals surface area contributed by atoms with Crippen LogP contribution in [0.2, 0.25) is 0 Å². The molecule has 1 amide bonds. The third-order valence-corrected chi connectivity index (χ3v) is 5.46. The average Bonchev–Trinajstić information content (AvgIpc) is 2.74. The van der Waals surface area contributed by atoms with Crippen molar-refractivity contribution in [2.45, 2.75) is 25.3 Å². The predicted molar refractivity (Wildman–Crippen MR) is 112 cm³/mol. The molecule has 2 heterocycles. The molecule has 28 heavy (non-hydrogen) atoms. The number of allylic oxidation sites excluding steroid dienone is 2. The van der Waals surface area contributed by atoms with Crippen LogP contribution in [-0.4, -0.2) is 43.6 Å². The maximum absolute atomic E-state index is 13.0. The Morgan fingerprint density at radius 1 is 1.21 bits per heavy atom. The van der Waals surface area contributed by atoms with E-state index in [-0.39, 0.29) is 5.91 Å². The minimum Gasteiger partial charge on any atom is -0.496 e. The minimum atomic E-state index is -0.0869. The Morgan fingerprint density at radius 3 is 2.86 bits per heavy atom. The molecule has 0 bridgehead atoms. The van der Waals surface area contributed by atoms with Crippen LogP contribution in [0.4, 0.5) is 0 Å². The summed E-state index contributed by atoms with van der Waals surface area (Å²) in [5, 5.41) is 8.53. The van der Waals surface area contributed by atoms with Gasteiger partial charge in [-0.1, -0.05) is 30.7 Å². The van der Waals surface area contributed by atoms with Crippen LogP contribution in [0.25, 0.3) is 10.8 Å². The molecule has 2 aromatic carbocycles. The largest absolute Gasteiger partial charge is 0.496 e. The van der Waals surface area contributed by atoms with Crippen molar-refractivity contribution in [3.8, 4) is 5.75 Å².